The second kappa shape index (κ2) is 3.47. The van der Waals surface area contributed by atoms with Gasteiger partial charge >= 0.3 is 0 Å². The summed E-state index contributed by atoms with van der Waals surface area (Å²) in [4.78, 5) is 7.90. The van der Waals surface area contributed by atoms with Crippen LogP contribution in [0.15, 0.2) is 56.8 Å². The number of aliphatic imine (C=N–C) groups is 2. The van der Waals surface area contributed by atoms with Crippen molar-refractivity contribution in [2.24, 2.45) is 9.98 Å². The Morgan fingerprint density at radius 2 is 2.07 bits per heavy atom. The minimum absolute atomic E-state index is 1.06. The lowest BCUT2D eigenvalue weighted by atomic mass is 9.93. The third-order valence-electron chi connectivity index (χ3n) is 2.17. The molecule has 0 amide bonds. The van der Waals surface area contributed by atoms with Gasteiger partial charge in [-0.05, 0) is 13.8 Å². The van der Waals surface area contributed by atoms with E-state index in [9.17, 15) is 0 Å². The van der Waals surface area contributed by atoms with E-state index in [4.69, 9.17) is 0 Å². The number of hydrogen-bond acceptors (Lipinski definition) is 2. The van der Waals surface area contributed by atoms with E-state index < -0.39 is 0 Å². The molecule has 0 aromatic rings. The van der Waals surface area contributed by atoms with E-state index in [1.165, 1.54) is 5.57 Å². The summed E-state index contributed by atoms with van der Waals surface area (Å²) in [6, 6.07) is 0. The van der Waals surface area contributed by atoms with Crippen LogP contribution in [0.4, 0.5) is 0 Å². The Kier molecular flexibility index (Phi) is 2.16. The van der Waals surface area contributed by atoms with Crippen LogP contribution in [-0.4, -0.2) is 12.4 Å². The molecule has 0 unspecified atom stereocenters. The molecule has 0 aromatic carbocycles. The molecule has 0 aliphatic carbocycles. The highest BCUT2D eigenvalue weighted by molar-refractivity contribution is 5.87. The van der Waals surface area contributed by atoms with E-state index in [2.05, 4.69) is 22.4 Å². The van der Waals surface area contributed by atoms with Gasteiger partial charge in [0.2, 0.25) is 0 Å². The fourth-order valence-corrected chi connectivity index (χ4v) is 1.56. The largest absolute Gasteiger partial charge is 0.161 e. The van der Waals surface area contributed by atoms with Crippen molar-refractivity contribution in [1.29, 1.82) is 0 Å². The zero-order valence-electron chi connectivity index (χ0n) is 8.20. The highest BCUT2D eigenvalue weighted by atomic mass is 14.7. The van der Waals surface area contributed by atoms with Crippen molar-refractivity contribution in [3.05, 3.63) is 46.8 Å². The monoisotopic (exact) mass is 182 g/mol. The van der Waals surface area contributed by atoms with Gasteiger partial charge in [0.05, 0.1) is 6.08 Å². The van der Waals surface area contributed by atoms with Crippen LogP contribution in [0.1, 0.15) is 13.8 Å². The molecule has 2 aliphatic heterocycles. The van der Waals surface area contributed by atoms with E-state index in [1.807, 2.05) is 32.2 Å². The topological polar surface area (TPSA) is 24.7 Å². The molecule has 2 aliphatic rings. The van der Waals surface area contributed by atoms with Crippen molar-refractivity contribution in [1.82, 2.24) is 0 Å². The van der Waals surface area contributed by atoms with E-state index in [-0.39, 0.29) is 0 Å². The summed E-state index contributed by atoms with van der Waals surface area (Å²) in [5, 5.41) is 0. The van der Waals surface area contributed by atoms with Gasteiger partial charge in [0.1, 0.15) is 24.0 Å². The van der Waals surface area contributed by atoms with E-state index in [0.717, 1.165) is 16.7 Å². The lowest BCUT2D eigenvalue weighted by Gasteiger charge is -2.00. The van der Waals surface area contributed by atoms with Crippen LogP contribution < -0.4 is 0 Å². The molecule has 0 saturated heterocycles. The van der Waals surface area contributed by atoms with Crippen molar-refractivity contribution < 1.29 is 0 Å². The summed E-state index contributed by atoms with van der Waals surface area (Å²) in [6.07, 6.45) is 13.2. The van der Waals surface area contributed by atoms with Gasteiger partial charge in [-0.15, -0.1) is 0 Å². The van der Waals surface area contributed by atoms with Gasteiger partial charge in [-0.3, -0.25) is 0 Å². The van der Waals surface area contributed by atoms with Gasteiger partial charge in [-0.1, -0.05) is 9.98 Å². The summed E-state index contributed by atoms with van der Waals surface area (Å²) in [5.41, 5.74) is 4.51. The summed E-state index contributed by atoms with van der Waals surface area (Å²) in [7, 11) is 0. The van der Waals surface area contributed by atoms with Crippen LogP contribution in [-0.2, 0) is 0 Å². The van der Waals surface area contributed by atoms with Crippen LogP contribution >= 0.6 is 0 Å². The molecule has 2 heteroatoms. The van der Waals surface area contributed by atoms with Gasteiger partial charge < -0.3 is 0 Å². The maximum atomic E-state index is 4.02. The lowest BCUT2D eigenvalue weighted by Crippen LogP contribution is -2.00. The van der Waals surface area contributed by atoms with Crippen LogP contribution in [0, 0.1) is 0 Å². The molecule has 0 radical (unpaired) electrons. The van der Waals surface area contributed by atoms with Crippen LogP contribution in [0.5, 0.6) is 0 Å². The highest BCUT2D eigenvalue weighted by Gasteiger charge is 2.25. The van der Waals surface area contributed by atoms with Crippen LogP contribution in [0.25, 0.3) is 0 Å². The van der Waals surface area contributed by atoms with Gasteiger partial charge in [-0.2, -0.15) is 0 Å². The standard InChI is InChI=1S/C12H10N2/c1-9-7-14-8-10(2)12(9)11-3-5-13-6-4-11/h3-5,7H,1-2H3/q+2. The highest BCUT2D eigenvalue weighted by Crippen LogP contribution is 2.26. The van der Waals surface area contributed by atoms with Crippen molar-refractivity contribution in [3.63, 3.8) is 0 Å². The van der Waals surface area contributed by atoms with Crippen molar-refractivity contribution in [3.8, 4) is 0 Å². The smallest absolute Gasteiger partial charge is 0.0742 e. The summed E-state index contributed by atoms with van der Waals surface area (Å²) >= 11 is 0. The van der Waals surface area contributed by atoms with Gasteiger partial charge in [-0.25, -0.2) is 0 Å². The minimum Gasteiger partial charge on any atom is -0.0742 e. The molecule has 66 valence electrons. The third kappa shape index (κ3) is 1.45. The fourth-order valence-electron chi connectivity index (χ4n) is 1.56. The predicted octanol–water partition coefficient (Wildman–Crippen LogP) is 2.57. The molecule has 2 heterocycles. The molecule has 14 heavy (non-hydrogen) atoms. The molecular weight excluding hydrogens is 172 g/mol. The Morgan fingerprint density at radius 3 is 2.71 bits per heavy atom. The molecule has 0 N–H and O–H groups in total. The number of nitrogens with zero attached hydrogens (tertiary/aromatic N) is 2. The van der Waals surface area contributed by atoms with Gasteiger partial charge in [0.25, 0.3) is 0 Å². The zero-order chi connectivity index (χ0) is 9.97. The Morgan fingerprint density at radius 1 is 1.21 bits per heavy atom. The third-order valence-corrected chi connectivity index (χ3v) is 2.17. The normalized spacial score (nSPS) is 18.7. The van der Waals surface area contributed by atoms with Crippen LogP contribution in [0.3, 0.4) is 0 Å². The lowest BCUT2D eigenvalue weighted by molar-refractivity contribution is 1.27. The summed E-state index contributed by atoms with van der Waals surface area (Å²) < 4.78 is 0. The number of allylic oxidation sites excluding steroid dienone is 6. The van der Waals surface area contributed by atoms with E-state index in [0.29, 0.717) is 0 Å². The predicted molar refractivity (Wildman–Crippen MR) is 58.6 cm³/mol. The second-order valence-corrected chi connectivity index (χ2v) is 3.23. The van der Waals surface area contributed by atoms with Gasteiger partial charge in [0.15, 0.2) is 29.1 Å². The SMILES string of the molecule is CC1=CN=[C+]C(C)=C1C1=C[C+]=NC=C1. The molecular formula is C12H10N2+2. The quantitative estimate of drug-likeness (QED) is 0.557. The summed E-state index contributed by atoms with van der Waals surface area (Å²) in [5.74, 6) is 0. The fraction of sp³-hybridized carbons (Fsp3) is 0.167. The van der Waals surface area contributed by atoms with E-state index >= 15 is 0 Å². The first-order valence-electron chi connectivity index (χ1n) is 4.45. The van der Waals surface area contributed by atoms with Crippen molar-refractivity contribution >= 4 is 12.4 Å². The van der Waals surface area contributed by atoms with Crippen molar-refractivity contribution in [2.75, 3.05) is 0 Å². The van der Waals surface area contributed by atoms with Gasteiger partial charge in [0, 0.05) is 0 Å². The average Bonchev–Trinajstić information content (AvgIpc) is 2.19. The molecule has 0 atom stereocenters. The maximum absolute atomic E-state index is 4.02. The number of rotatable bonds is 1. The Hall–Kier alpha value is -1.88. The first-order chi connectivity index (χ1) is 6.79. The Bertz CT molecular complexity index is 429. The van der Waals surface area contributed by atoms with Crippen LogP contribution in [0.2, 0.25) is 0 Å². The number of hydrogen-bond donors (Lipinski definition) is 0. The molecule has 2 rings (SSSR count). The molecule has 0 aromatic heterocycles. The Balaban J connectivity index is 2.48. The maximum Gasteiger partial charge on any atom is 0.161 e. The summed E-state index contributed by atoms with van der Waals surface area (Å²) in [6.45, 7) is 4.05. The zero-order valence-corrected chi connectivity index (χ0v) is 8.20. The molecule has 0 saturated carbocycles. The van der Waals surface area contributed by atoms with Crippen molar-refractivity contribution in [2.45, 2.75) is 13.8 Å². The Labute approximate surface area is 83.8 Å². The first-order valence-corrected chi connectivity index (χ1v) is 4.45. The molecule has 0 bridgehead atoms. The van der Waals surface area contributed by atoms with E-state index in [1.54, 1.807) is 6.20 Å². The molecule has 0 fully saturated rings. The second-order valence-electron chi connectivity index (χ2n) is 3.23. The average molecular weight is 182 g/mol. The molecule has 0 spiro atoms. The minimum atomic E-state index is 1.06. The first kappa shape index (κ1) is 8.71. The molecule has 2 nitrogen and oxygen atoms in total.